The monoisotopic (exact) mass is 227 g/mol. The average Bonchev–Trinajstić information content (AvgIpc) is 2.68. The summed E-state index contributed by atoms with van der Waals surface area (Å²) < 4.78 is 10.2. The fourth-order valence-corrected chi connectivity index (χ4v) is 1.32. The van der Waals surface area contributed by atoms with Crippen LogP contribution in [0.15, 0.2) is 4.52 Å². The van der Waals surface area contributed by atoms with Crippen molar-refractivity contribution in [2.75, 3.05) is 12.9 Å². The summed E-state index contributed by atoms with van der Waals surface area (Å²) in [5.41, 5.74) is -0.540. The zero-order valence-electron chi connectivity index (χ0n) is 8.98. The van der Waals surface area contributed by atoms with Gasteiger partial charge in [-0.2, -0.15) is 10.2 Å². The van der Waals surface area contributed by atoms with E-state index in [0.29, 0.717) is 23.2 Å². The molecule has 0 saturated heterocycles. The van der Waals surface area contributed by atoms with E-state index >= 15 is 0 Å². The van der Waals surface area contributed by atoms with Crippen LogP contribution in [-0.2, 0) is 16.1 Å². The van der Waals surface area contributed by atoms with Crippen molar-refractivity contribution in [3.05, 3.63) is 11.7 Å². The minimum Gasteiger partial charge on any atom is -0.371 e. The summed E-state index contributed by atoms with van der Waals surface area (Å²) in [6.45, 7) is 3.73. The summed E-state index contributed by atoms with van der Waals surface area (Å²) in [4.78, 5) is 4.19. The molecule has 0 aliphatic heterocycles. The number of nitriles is 1. The molecule has 0 atom stereocenters. The van der Waals surface area contributed by atoms with Gasteiger partial charge in [-0.05, 0) is 13.8 Å². The van der Waals surface area contributed by atoms with Crippen LogP contribution in [0.5, 0.6) is 0 Å². The largest absolute Gasteiger partial charge is 0.371 e. The van der Waals surface area contributed by atoms with Crippen molar-refractivity contribution in [1.82, 2.24) is 10.1 Å². The van der Waals surface area contributed by atoms with Crippen molar-refractivity contribution >= 4 is 11.8 Å². The third-order valence-electron chi connectivity index (χ3n) is 1.91. The predicted octanol–water partition coefficient (Wildman–Crippen LogP) is 1.71. The summed E-state index contributed by atoms with van der Waals surface area (Å²) >= 11 is 1.44. The Hall–Kier alpha value is -1.06. The quantitative estimate of drug-likeness (QED) is 0.713. The molecule has 0 N–H and O–H groups in total. The molecule has 15 heavy (non-hydrogen) atoms. The molecular formula is C9H13N3O2S. The Bertz CT molecular complexity index is 356. The van der Waals surface area contributed by atoms with Gasteiger partial charge in [0.15, 0.2) is 0 Å². The third kappa shape index (κ3) is 3.22. The number of hydrogen-bond donors (Lipinski definition) is 0. The topological polar surface area (TPSA) is 71.9 Å². The summed E-state index contributed by atoms with van der Waals surface area (Å²) in [7, 11) is 1.60. The molecular weight excluding hydrogens is 214 g/mol. The SMILES string of the molecule is COC(C)(C)c1noc(CSCC#N)n1. The van der Waals surface area contributed by atoms with E-state index < -0.39 is 5.60 Å². The molecule has 0 bridgehead atoms. The molecule has 0 aliphatic carbocycles. The van der Waals surface area contributed by atoms with E-state index in [4.69, 9.17) is 14.5 Å². The van der Waals surface area contributed by atoms with Crippen molar-refractivity contribution < 1.29 is 9.26 Å². The smallest absolute Gasteiger partial charge is 0.236 e. The van der Waals surface area contributed by atoms with Gasteiger partial charge in [-0.3, -0.25) is 0 Å². The minimum absolute atomic E-state index is 0.422. The molecule has 0 aliphatic rings. The number of thioether (sulfide) groups is 1. The second kappa shape index (κ2) is 5.14. The minimum atomic E-state index is -0.540. The van der Waals surface area contributed by atoms with E-state index in [1.165, 1.54) is 11.8 Å². The van der Waals surface area contributed by atoms with Gasteiger partial charge in [0, 0.05) is 7.11 Å². The second-order valence-corrected chi connectivity index (χ2v) is 4.36. The summed E-state index contributed by atoms with van der Waals surface area (Å²) in [6.07, 6.45) is 0. The van der Waals surface area contributed by atoms with Gasteiger partial charge in [-0.1, -0.05) is 5.16 Å². The Morgan fingerprint density at radius 2 is 2.33 bits per heavy atom. The standard InChI is InChI=1S/C9H13N3O2S/c1-9(2,13-3)8-11-7(14-12-8)6-15-5-4-10/h5-6H2,1-3H3. The molecule has 5 nitrogen and oxygen atoms in total. The van der Waals surface area contributed by atoms with Crippen LogP contribution in [-0.4, -0.2) is 23.0 Å². The maximum Gasteiger partial charge on any atom is 0.236 e. The van der Waals surface area contributed by atoms with Crippen LogP contribution < -0.4 is 0 Å². The molecule has 0 spiro atoms. The van der Waals surface area contributed by atoms with Gasteiger partial charge in [0.05, 0.1) is 17.6 Å². The molecule has 0 unspecified atom stereocenters. The highest BCUT2D eigenvalue weighted by molar-refractivity contribution is 7.98. The van der Waals surface area contributed by atoms with Gasteiger partial charge in [-0.25, -0.2) is 0 Å². The third-order valence-corrected chi connectivity index (χ3v) is 2.69. The Labute approximate surface area is 92.8 Å². The highest BCUT2D eigenvalue weighted by atomic mass is 32.2. The van der Waals surface area contributed by atoms with Gasteiger partial charge in [0.25, 0.3) is 0 Å². The molecule has 1 aromatic heterocycles. The normalized spacial score (nSPS) is 11.3. The number of nitrogens with zero attached hydrogens (tertiary/aromatic N) is 3. The Balaban J connectivity index is 2.61. The number of hydrogen-bond acceptors (Lipinski definition) is 6. The van der Waals surface area contributed by atoms with Gasteiger partial charge in [0.2, 0.25) is 11.7 Å². The Kier molecular flexibility index (Phi) is 4.12. The van der Waals surface area contributed by atoms with Crippen LogP contribution in [0.3, 0.4) is 0 Å². The molecule has 0 amide bonds. The highest BCUT2D eigenvalue weighted by Crippen LogP contribution is 2.21. The van der Waals surface area contributed by atoms with Crippen molar-refractivity contribution in [2.45, 2.75) is 25.2 Å². The fraction of sp³-hybridized carbons (Fsp3) is 0.667. The second-order valence-electron chi connectivity index (χ2n) is 3.38. The summed E-state index contributed by atoms with van der Waals surface area (Å²) in [5, 5.41) is 12.2. The van der Waals surface area contributed by atoms with E-state index in [-0.39, 0.29) is 0 Å². The zero-order chi connectivity index (χ0) is 11.3. The van der Waals surface area contributed by atoms with Crippen molar-refractivity contribution in [2.24, 2.45) is 0 Å². The number of aromatic nitrogens is 2. The lowest BCUT2D eigenvalue weighted by Gasteiger charge is -2.17. The molecule has 0 aromatic carbocycles. The predicted molar refractivity (Wildman–Crippen MR) is 56.1 cm³/mol. The number of rotatable bonds is 5. The van der Waals surface area contributed by atoms with Crippen LogP contribution in [0, 0.1) is 11.3 Å². The molecule has 1 rings (SSSR count). The van der Waals surface area contributed by atoms with Crippen LogP contribution in [0.1, 0.15) is 25.6 Å². The average molecular weight is 227 g/mol. The van der Waals surface area contributed by atoms with Gasteiger partial charge in [-0.15, -0.1) is 11.8 Å². The molecule has 0 saturated carbocycles. The zero-order valence-corrected chi connectivity index (χ0v) is 9.80. The lowest BCUT2D eigenvalue weighted by Crippen LogP contribution is -2.21. The molecule has 82 valence electrons. The van der Waals surface area contributed by atoms with Crippen LogP contribution >= 0.6 is 11.8 Å². The van der Waals surface area contributed by atoms with E-state index in [0.717, 1.165) is 0 Å². The van der Waals surface area contributed by atoms with Crippen molar-refractivity contribution in [3.63, 3.8) is 0 Å². The number of methoxy groups -OCH3 is 1. The maximum absolute atomic E-state index is 8.36. The summed E-state index contributed by atoms with van der Waals surface area (Å²) in [5.74, 6) is 2.03. The van der Waals surface area contributed by atoms with Gasteiger partial charge in [0.1, 0.15) is 5.60 Å². The number of ether oxygens (including phenoxy) is 1. The lowest BCUT2D eigenvalue weighted by molar-refractivity contribution is 0.00973. The molecule has 1 aromatic rings. The van der Waals surface area contributed by atoms with Crippen molar-refractivity contribution in [1.29, 1.82) is 5.26 Å². The first-order valence-corrected chi connectivity index (χ1v) is 5.58. The van der Waals surface area contributed by atoms with E-state index in [2.05, 4.69) is 10.1 Å². The first-order valence-electron chi connectivity index (χ1n) is 4.43. The lowest BCUT2D eigenvalue weighted by atomic mass is 10.1. The van der Waals surface area contributed by atoms with Crippen LogP contribution in [0.2, 0.25) is 0 Å². The Morgan fingerprint density at radius 3 is 2.93 bits per heavy atom. The van der Waals surface area contributed by atoms with Crippen molar-refractivity contribution in [3.8, 4) is 6.07 Å². The molecule has 6 heteroatoms. The Morgan fingerprint density at radius 1 is 1.60 bits per heavy atom. The maximum atomic E-state index is 8.36. The fourth-order valence-electron chi connectivity index (χ4n) is 0.833. The first-order chi connectivity index (χ1) is 7.10. The van der Waals surface area contributed by atoms with E-state index in [9.17, 15) is 0 Å². The van der Waals surface area contributed by atoms with Crippen LogP contribution in [0.25, 0.3) is 0 Å². The van der Waals surface area contributed by atoms with E-state index in [1.54, 1.807) is 7.11 Å². The highest BCUT2D eigenvalue weighted by Gasteiger charge is 2.25. The summed E-state index contributed by atoms with van der Waals surface area (Å²) in [6, 6.07) is 2.03. The molecule has 1 heterocycles. The first kappa shape index (κ1) is 12.0. The van der Waals surface area contributed by atoms with E-state index in [1.807, 2.05) is 19.9 Å². The molecule has 0 fully saturated rings. The van der Waals surface area contributed by atoms with Gasteiger partial charge < -0.3 is 9.26 Å². The van der Waals surface area contributed by atoms with Crippen LogP contribution in [0.4, 0.5) is 0 Å². The molecule has 0 radical (unpaired) electrons. The van der Waals surface area contributed by atoms with Gasteiger partial charge >= 0.3 is 0 Å².